The van der Waals surface area contributed by atoms with Crippen LogP contribution in [0.3, 0.4) is 0 Å². The number of nitrogens with zero attached hydrogens (tertiary/aromatic N) is 2. The maximum atomic E-state index is 13.2. The number of likely N-dealkylation sites (N-methyl/N-ethyl adjacent to an activating group) is 1. The SMILES string of the molecule is COc1ccc(CCN2CC3=C(C2=O)C(c2cccs2)NC(=O)N3C)cc1OC. The van der Waals surface area contributed by atoms with Gasteiger partial charge >= 0.3 is 6.03 Å². The first-order valence-electron chi connectivity index (χ1n) is 9.34. The van der Waals surface area contributed by atoms with E-state index in [0.29, 0.717) is 36.6 Å². The lowest BCUT2D eigenvalue weighted by Crippen LogP contribution is -2.45. The van der Waals surface area contributed by atoms with E-state index in [-0.39, 0.29) is 18.0 Å². The topological polar surface area (TPSA) is 71.1 Å². The second kappa shape index (κ2) is 7.79. The molecule has 29 heavy (non-hydrogen) atoms. The highest BCUT2D eigenvalue weighted by atomic mass is 32.1. The summed E-state index contributed by atoms with van der Waals surface area (Å²) in [5.74, 6) is 1.32. The van der Waals surface area contributed by atoms with Crippen LogP contribution in [0.25, 0.3) is 0 Å². The van der Waals surface area contributed by atoms with Gasteiger partial charge in [0.15, 0.2) is 11.5 Å². The fraction of sp³-hybridized carbons (Fsp3) is 0.333. The third-order valence-electron chi connectivity index (χ3n) is 5.38. The highest BCUT2D eigenvalue weighted by molar-refractivity contribution is 7.10. The second-order valence-corrected chi connectivity index (χ2v) is 7.96. The van der Waals surface area contributed by atoms with E-state index in [9.17, 15) is 9.59 Å². The molecular weight excluding hydrogens is 390 g/mol. The summed E-state index contributed by atoms with van der Waals surface area (Å²) >= 11 is 1.54. The molecule has 3 heterocycles. The van der Waals surface area contributed by atoms with Crippen molar-refractivity contribution in [3.63, 3.8) is 0 Å². The Kier molecular flexibility index (Phi) is 5.19. The molecule has 0 bridgehead atoms. The maximum Gasteiger partial charge on any atom is 0.322 e. The first kappa shape index (κ1) is 19.3. The lowest BCUT2D eigenvalue weighted by Gasteiger charge is -2.30. The molecule has 2 aromatic rings. The Morgan fingerprint density at radius 1 is 1.17 bits per heavy atom. The van der Waals surface area contributed by atoms with Gasteiger partial charge in [-0.15, -0.1) is 11.3 Å². The van der Waals surface area contributed by atoms with Crippen LogP contribution in [-0.4, -0.2) is 56.1 Å². The third-order valence-corrected chi connectivity index (χ3v) is 6.32. The van der Waals surface area contributed by atoms with Crippen LogP contribution in [-0.2, 0) is 11.2 Å². The molecule has 4 rings (SSSR count). The van der Waals surface area contributed by atoms with Gasteiger partial charge in [0.2, 0.25) is 0 Å². The van der Waals surface area contributed by atoms with Gasteiger partial charge in [-0.3, -0.25) is 9.69 Å². The van der Waals surface area contributed by atoms with Crippen molar-refractivity contribution in [2.24, 2.45) is 0 Å². The summed E-state index contributed by atoms with van der Waals surface area (Å²) in [5.41, 5.74) is 2.50. The minimum absolute atomic E-state index is 0.0225. The van der Waals surface area contributed by atoms with Crippen molar-refractivity contribution in [3.8, 4) is 11.5 Å². The van der Waals surface area contributed by atoms with Crippen LogP contribution in [0.4, 0.5) is 4.79 Å². The quantitative estimate of drug-likeness (QED) is 0.791. The Bertz CT molecular complexity index is 970. The van der Waals surface area contributed by atoms with Gasteiger partial charge in [0, 0.05) is 18.5 Å². The summed E-state index contributed by atoms with van der Waals surface area (Å²) in [4.78, 5) is 29.9. The van der Waals surface area contributed by atoms with Crippen LogP contribution in [0, 0.1) is 0 Å². The standard InChI is InChI=1S/C21H23N3O4S/c1-23-14-12-24(9-8-13-6-7-15(27-2)16(11-13)28-3)20(25)18(14)19(22-21(23)26)17-5-4-10-29-17/h4-7,10-11,19H,8-9,12H2,1-3H3,(H,22,26). The van der Waals surface area contributed by atoms with Gasteiger partial charge in [-0.05, 0) is 35.6 Å². The molecule has 0 saturated carbocycles. The average Bonchev–Trinajstić information content (AvgIpc) is 3.38. The van der Waals surface area contributed by atoms with E-state index in [1.54, 1.807) is 31.1 Å². The van der Waals surface area contributed by atoms with E-state index >= 15 is 0 Å². The van der Waals surface area contributed by atoms with Crippen LogP contribution < -0.4 is 14.8 Å². The number of nitrogens with one attached hydrogen (secondary N) is 1. The number of hydrogen-bond donors (Lipinski definition) is 1. The Morgan fingerprint density at radius 2 is 1.97 bits per heavy atom. The van der Waals surface area contributed by atoms with Crippen molar-refractivity contribution in [3.05, 3.63) is 57.4 Å². The summed E-state index contributed by atoms with van der Waals surface area (Å²) < 4.78 is 10.6. The number of benzene rings is 1. The fourth-order valence-electron chi connectivity index (χ4n) is 3.77. The molecule has 0 saturated heterocycles. The second-order valence-electron chi connectivity index (χ2n) is 6.98. The van der Waals surface area contributed by atoms with Gasteiger partial charge in [0.1, 0.15) is 0 Å². The lowest BCUT2D eigenvalue weighted by atomic mass is 10.0. The molecule has 152 valence electrons. The van der Waals surface area contributed by atoms with Gasteiger partial charge in [0.05, 0.1) is 38.1 Å². The maximum absolute atomic E-state index is 13.2. The van der Waals surface area contributed by atoms with E-state index in [0.717, 1.165) is 16.1 Å². The summed E-state index contributed by atoms with van der Waals surface area (Å²) in [7, 11) is 4.92. The molecule has 1 N–H and O–H groups in total. The van der Waals surface area contributed by atoms with E-state index in [4.69, 9.17) is 9.47 Å². The smallest absolute Gasteiger partial charge is 0.322 e. The normalized spacial score (nSPS) is 18.8. The Hall–Kier alpha value is -3.00. The number of carbonyl (C=O) groups is 2. The van der Waals surface area contributed by atoms with Crippen molar-refractivity contribution in [2.45, 2.75) is 12.5 Å². The zero-order valence-corrected chi connectivity index (χ0v) is 17.4. The van der Waals surface area contributed by atoms with Crippen LogP contribution in [0.2, 0.25) is 0 Å². The predicted octanol–water partition coefficient (Wildman–Crippen LogP) is 2.80. The largest absolute Gasteiger partial charge is 0.493 e. The van der Waals surface area contributed by atoms with Crippen molar-refractivity contribution < 1.29 is 19.1 Å². The highest BCUT2D eigenvalue weighted by Crippen LogP contribution is 2.37. The average molecular weight is 413 g/mol. The van der Waals surface area contributed by atoms with Crippen LogP contribution in [0.5, 0.6) is 11.5 Å². The fourth-order valence-corrected chi connectivity index (χ4v) is 4.56. The number of thiophene rings is 1. The van der Waals surface area contributed by atoms with Crippen LogP contribution in [0.1, 0.15) is 16.5 Å². The van der Waals surface area contributed by atoms with E-state index in [2.05, 4.69) is 5.32 Å². The summed E-state index contributed by atoms with van der Waals surface area (Å²) in [6.07, 6.45) is 0.682. The molecule has 8 heteroatoms. The molecule has 1 aromatic carbocycles. The number of urea groups is 1. The van der Waals surface area contributed by atoms with Gasteiger partial charge in [-0.2, -0.15) is 0 Å². The van der Waals surface area contributed by atoms with E-state index < -0.39 is 0 Å². The number of carbonyl (C=O) groups excluding carboxylic acids is 2. The zero-order valence-electron chi connectivity index (χ0n) is 16.6. The lowest BCUT2D eigenvalue weighted by molar-refractivity contribution is -0.125. The molecule has 7 nitrogen and oxygen atoms in total. The Balaban J connectivity index is 1.52. The van der Waals surface area contributed by atoms with E-state index in [1.165, 1.54) is 11.3 Å². The molecule has 0 fully saturated rings. The molecule has 1 unspecified atom stereocenters. The van der Waals surface area contributed by atoms with Crippen LogP contribution >= 0.6 is 11.3 Å². The molecular formula is C21H23N3O4S. The van der Waals surface area contributed by atoms with Crippen molar-refractivity contribution in [1.29, 1.82) is 0 Å². The van der Waals surface area contributed by atoms with Crippen molar-refractivity contribution >= 4 is 23.3 Å². The summed E-state index contributed by atoms with van der Waals surface area (Å²) in [6.45, 7) is 0.994. The molecule has 1 atom stereocenters. The summed E-state index contributed by atoms with van der Waals surface area (Å²) in [6, 6.07) is 9.08. The molecule has 0 aliphatic carbocycles. The number of hydrogen-bond acceptors (Lipinski definition) is 5. The monoisotopic (exact) mass is 413 g/mol. The number of rotatable bonds is 6. The first-order valence-corrected chi connectivity index (χ1v) is 10.2. The van der Waals surface area contributed by atoms with E-state index in [1.807, 2.05) is 35.7 Å². The van der Waals surface area contributed by atoms with Gasteiger partial charge in [-0.25, -0.2) is 4.79 Å². The third kappa shape index (κ3) is 3.44. The number of amides is 3. The van der Waals surface area contributed by atoms with Crippen LogP contribution in [0.15, 0.2) is 47.0 Å². The zero-order chi connectivity index (χ0) is 20.5. The number of ether oxygens (including phenoxy) is 2. The first-order chi connectivity index (χ1) is 14.0. The number of methoxy groups -OCH3 is 2. The minimum Gasteiger partial charge on any atom is -0.493 e. The predicted molar refractivity (Wildman–Crippen MR) is 110 cm³/mol. The van der Waals surface area contributed by atoms with Gasteiger partial charge in [0.25, 0.3) is 5.91 Å². The minimum atomic E-state index is -0.382. The van der Waals surface area contributed by atoms with Gasteiger partial charge < -0.3 is 19.7 Å². The van der Waals surface area contributed by atoms with Gasteiger partial charge in [-0.1, -0.05) is 12.1 Å². The molecule has 0 radical (unpaired) electrons. The molecule has 1 aromatic heterocycles. The molecule has 2 aliphatic rings. The summed E-state index contributed by atoms with van der Waals surface area (Å²) in [5, 5.41) is 4.91. The Labute approximate surface area is 173 Å². The molecule has 2 aliphatic heterocycles. The van der Waals surface area contributed by atoms with Crippen molar-refractivity contribution in [1.82, 2.24) is 15.1 Å². The Morgan fingerprint density at radius 3 is 2.66 bits per heavy atom. The highest BCUT2D eigenvalue weighted by Gasteiger charge is 2.42. The molecule has 3 amide bonds. The van der Waals surface area contributed by atoms with Crippen molar-refractivity contribution in [2.75, 3.05) is 34.4 Å². The molecule has 0 spiro atoms.